The van der Waals surface area contributed by atoms with Gasteiger partial charge in [0.15, 0.2) is 17.5 Å². The molecule has 0 radical (unpaired) electrons. The summed E-state index contributed by atoms with van der Waals surface area (Å²) in [5, 5.41) is 2.40. The van der Waals surface area contributed by atoms with Gasteiger partial charge in [-0.1, -0.05) is 0 Å². The lowest BCUT2D eigenvalue weighted by Crippen LogP contribution is -2.44. The third kappa shape index (κ3) is 5.72. The third-order valence-corrected chi connectivity index (χ3v) is 7.45. The molecule has 1 saturated heterocycles. The van der Waals surface area contributed by atoms with Crippen LogP contribution < -0.4 is 5.32 Å². The molecule has 2 aromatic rings. The average molecular weight is 497 g/mol. The van der Waals surface area contributed by atoms with Crippen molar-refractivity contribution in [2.45, 2.75) is 35.8 Å². The van der Waals surface area contributed by atoms with Gasteiger partial charge < -0.3 is 15.0 Å². The molecule has 0 atom stereocenters. The van der Waals surface area contributed by atoms with Gasteiger partial charge in [0.1, 0.15) is 5.82 Å². The van der Waals surface area contributed by atoms with Crippen LogP contribution in [-0.2, 0) is 9.53 Å². The van der Waals surface area contributed by atoms with Gasteiger partial charge in [-0.15, -0.1) is 11.8 Å². The number of carbonyl (C=O) groups is 2. The number of morpholine rings is 1. The number of thioether (sulfide) groups is 1. The Morgan fingerprint density at radius 2 is 1.56 bits per heavy atom. The lowest BCUT2D eigenvalue weighted by Gasteiger charge is -2.33. The van der Waals surface area contributed by atoms with Gasteiger partial charge in [-0.25, -0.2) is 17.6 Å². The average Bonchev–Trinajstić information content (AvgIpc) is 2.84. The summed E-state index contributed by atoms with van der Waals surface area (Å²) in [7, 11) is 0. The van der Waals surface area contributed by atoms with Gasteiger partial charge in [0.05, 0.1) is 13.2 Å². The van der Waals surface area contributed by atoms with Crippen molar-refractivity contribution in [1.82, 2.24) is 4.90 Å². The second-order valence-corrected chi connectivity index (χ2v) is 9.72. The molecule has 2 fully saturated rings. The lowest BCUT2D eigenvalue weighted by atomic mass is 9.88. The molecule has 2 amide bonds. The molecular weight excluding hydrogens is 472 g/mol. The molecule has 5 nitrogen and oxygen atoms in total. The van der Waals surface area contributed by atoms with E-state index in [0.717, 1.165) is 31.7 Å². The summed E-state index contributed by atoms with van der Waals surface area (Å²) in [4.78, 5) is 27.3. The minimum atomic E-state index is -1.63. The maximum absolute atomic E-state index is 14.4. The van der Waals surface area contributed by atoms with E-state index in [-0.39, 0.29) is 33.2 Å². The monoisotopic (exact) mass is 496 g/mol. The van der Waals surface area contributed by atoms with Crippen LogP contribution in [0.2, 0.25) is 0 Å². The van der Waals surface area contributed by atoms with Crippen molar-refractivity contribution in [3.05, 3.63) is 59.2 Å². The molecule has 10 heteroatoms. The molecule has 2 aliphatic rings. The molecule has 0 spiro atoms. The molecule has 0 unspecified atom stereocenters. The first-order chi connectivity index (χ1) is 16.3. The number of benzene rings is 2. The van der Waals surface area contributed by atoms with Gasteiger partial charge >= 0.3 is 0 Å². The second kappa shape index (κ2) is 10.8. The lowest BCUT2D eigenvalue weighted by molar-refractivity contribution is -0.140. The van der Waals surface area contributed by atoms with Gasteiger partial charge in [0.25, 0.3) is 5.91 Å². The van der Waals surface area contributed by atoms with Crippen molar-refractivity contribution in [3.63, 3.8) is 0 Å². The van der Waals surface area contributed by atoms with Crippen molar-refractivity contribution in [1.29, 1.82) is 0 Å². The van der Waals surface area contributed by atoms with E-state index in [2.05, 4.69) is 5.32 Å². The number of hydrogen-bond donors (Lipinski definition) is 1. The standard InChI is InChI=1S/C24H24F4N2O3S/c25-18-6-3-15(23(31)29-16-12-19(26)22(28)20(27)13-16)11-21(18)34-17-4-1-14(2-5-17)24(32)30-7-9-33-10-8-30/h3,6,11-14,17H,1-2,4-5,7-10H2,(H,29,31). The molecule has 0 aromatic heterocycles. The Balaban J connectivity index is 1.36. The third-order valence-electron chi connectivity index (χ3n) is 6.07. The van der Waals surface area contributed by atoms with Crippen LogP contribution in [0, 0.1) is 29.2 Å². The fourth-order valence-corrected chi connectivity index (χ4v) is 5.46. The van der Waals surface area contributed by atoms with Gasteiger partial charge in [0, 0.05) is 52.5 Å². The van der Waals surface area contributed by atoms with Crippen LogP contribution in [0.1, 0.15) is 36.0 Å². The Labute approximate surface area is 198 Å². The number of carbonyl (C=O) groups excluding carboxylic acids is 2. The van der Waals surface area contributed by atoms with E-state index in [0.29, 0.717) is 38.4 Å². The van der Waals surface area contributed by atoms with E-state index in [9.17, 15) is 27.2 Å². The van der Waals surface area contributed by atoms with Gasteiger partial charge in [0.2, 0.25) is 5.91 Å². The number of nitrogens with zero attached hydrogens (tertiary/aromatic N) is 1. The van der Waals surface area contributed by atoms with E-state index in [4.69, 9.17) is 4.74 Å². The van der Waals surface area contributed by atoms with Crippen molar-refractivity contribution < 1.29 is 31.9 Å². The van der Waals surface area contributed by atoms with E-state index in [1.54, 1.807) is 0 Å². The first-order valence-electron chi connectivity index (χ1n) is 11.1. The molecule has 4 rings (SSSR count). The largest absolute Gasteiger partial charge is 0.378 e. The van der Waals surface area contributed by atoms with E-state index >= 15 is 0 Å². The molecule has 1 N–H and O–H groups in total. The highest BCUT2D eigenvalue weighted by molar-refractivity contribution is 8.00. The summed E-state index contributed by atoms with van der Waals surface area (Å²) in [5.74, 6) is -5.53. The highest BCUT2D eigenvalue weighted by atomic mass is 32.2. The van der Waals surface area contributed by atoms with Crippen LogP contribution in [0.5, 0.6) is 0 Å². The minimum absolute atomic E-state index is 0.0339. The molecule has 0 bridgehead atoms. The van der Waals surface area contributed by atoms with Crippen LogP contribution in [0.4, 0.5) is 23.2 Å². The Kier molecular flexibility index (Phi) is 7.77. The molecule has 1 heterocycles. The van der Waals surface area contributed by atoms with Crippen molar-refractivity contribution in [3.8, 4) is 0 Å². The Morgan fingerprint density at radius 3 is 2.21 bits per heavy atom. The number of hydrogen-bond acceptors (Lipinski definition) is 4. The van der Waals surface area contributed by atoms with Crippen LogP contribution in [0.15, 0.2) is 35.2 Å². The summed E-state index contributed by atoms with van der Waals surface area (Å²) in [6, 6.07) is 5.16. The van der Waals surface area contributed by atoms with Crippen LogP contribution in [-0.4, -0.2) is 48.3 Å². The zero-order chi connectivity index (χ0) is 24.2. The van der Waals surface area contributed by atoms with Crippen LogP contribution >= 0.6 is 11.8 Å². The van der Waals surface area contributed by atoms with E-state index < -0.39 is 29.2 Å². The van der Waals surface area contributed by atoms with Crippen molar-refractivity contribution in [2.75, 3.05) is 31.6 Å². The number of anilines is 1. The molecule has 1 aliphatic carbocycles. The quantitative estimate of drug-likeness (QED) is 0.467. The first-order valence-corrected chi connectivity index (χ1v) is 12.0. The normalized spacial score (nSPS) is 20.8. The molecule has 1 saturated carbocycles. The number of nitrogens with one attached hydrogen (secondary N) is 1. The molecule has 182 valence electrons. The first kappa shape index (κ1) is 24.5. The summed E-state index contributed by atoms with van der Waals surface area (Å²) >= 11 is 1.32. The summed E-state index contributed by atoms with van der Waals surface area (Å²) < 4.78 is 59.7. The minimum Gasteiger partial charge on any atom is -0.378 e. The SMILES string of the molecule is O=C(Nc1cc(F)c(F)c(F)c1)c1ccc(F)c(SC2CCC(C(=O)N3CCOCC3)CC2)c1. The number of rotatable bonds is 5. The Hall–Kier alpha value is -2.59. The fraction of sp³-hybridized carbons (Fsp3) is 0.417. The Morgan fingerprint density at radius 1 is 0.912 bits per heavy atom. The zero-order valence-electron chi connectivity index (χ0n) is 18.3. The van der Waals surface area contributed by atoms with Crippen molar-refractivity contribution in [2.24, 2.45) is 5.92 Å². The van der Waals surface area contributed by atoms with Gasteiger partial charge in [-0.2, -0.15) is 0 Å². The van der Waals surface area contributed by atoms with Gasteiger partial charge in [-0.05, 0) is 43.9 Å². The maximum Gasteiger partial charge on any atom is 0.255 e. The maximum atomic E-state index is 14.4. The van der Waals surface area contributed by atoms with Crippen molar-refractivity contribution >= 4 is 29.3 Å². The van der Waals surface area contributed by atoms with Crippen LogP contribution in [0.3, 0.4) is 0 Å². The second-order valence-electron chi connectivity index (χ2n) is 8.38. The number of ether oxygens (including phenoxy) is 1. The highest BCUT2D eigenvalue weighted by Gasteiger charge is 2.31. The molecular formula is C24H24F4N2O3S. The molecule has 1 aliphatic heterocycles. The predicted octanol–water partition coefficient (Wildman–Crippen LogP) is 5.01. The number of amides is 2. The highest BCUT2D eigenvalue weighted by Crippen LogP contribution is 2.38. The van der Waals surface area contributed by atoms with E-state index in [1.165, 1.54) is 23.9 Å². The van der Waals surface area contributed by atoms with Crippen LogP contribution in [0.25, 0.3) is 0 Å². The fourth-order valence-electron chi connectivity index (χ4n) is 4.21. The predicted molar refractivity (Wildman–Crippen MR) is 120 cm³/mol. The molecule has 2 aromatic carbocycles. The molecule has 34 heavy (non-hydrogen) atoms. The topological polar surface area (TPSA) is 58.6 Å². The zero-order valence-corrected chi connectivity index (χ0v) is 19.1. The van der Waals surface area contributed by atoms with E-state index in [1.807, 2.05) is 4.90 Å². The van der Waals surface area contributed by atoms with Gasteiger partial charge in [-0.3, -0.25) is 9.59 Å². The smallest absolute Gasteiger partial charge is 0.255 e. The summed E-state index contributed by atoms with van der Waals surface area (Å²) in [5.41, 5.74) is -0.145. The summed E-state index contributed by atoms with van der Waals surface area (Å²) in [6.45, 7) is 2.35. The number of halogens is 4. The summed E-state index contributed by atoms with van der Waals surface area (Å²) in [6.07, 6.45) is 2.93. The Bertz CT molecular complexity index is 1050.